The Hall–Kier alpha value is -1.48. The highest BCUT2D eigenvalue weighted by Crippen LogP contribution is 2.35. The molecule has 0 aliphatic heterocycles. The first-order valence-corrected chi connectivity index (χ1v) is 7.71. The van der Waals surface area contributed by atoms with Crippen LogP contribution >= 0.6 is 0 Å². The first kappa shape index (κ1) is 15.9. The molecule has 0 bridgehead atoms. The third-order valence-electron chi connectivity index (χ3n) is 4.34. The molecule has 0 saturated heterocycles. The standard InChI is InChI=1S/C18H28N2O/c1-12(2)16(11-21)20(6)15-8-7-14(18(3,4)5)17-13(15)9-10-19-17/h7-10,12,16,19,21H,11H2,1-6H3/t16-/m1/s1. The van der Waals surface area contributed by atoms with E-state index in [-0.39, 0.29) is 18.1 Å². The minimum atomic E-state index is 0.106. The van der Waals surface area contributed by atoms with E-state index in [1.807, 2.05) is 6.20 Å². The summed E-state index contributed by atoms with van der Waals surface area (Å²) in [6.07, 6.45) is 2.00. The molecule has 1 aromatic heterocycles. The SMILES string of the molecule is CC(C)[C@@H](CO)N(C)c1ccc(C(C)(C)C)c2[nH]ccc12. The van der Waals surface area contributed by atoms with Crippen molar-refractivity contribution in [3.8, 4) is 0 Å². The van der Waals surface area contributed by atoms with E-state index in [2.05, 4.69) is 69.7 Å². The second-order valence-electron chi connectivity index (χ2n) is 7.25. The van der Waals surface area contributed by atoms with Crippen LogP contribution in [-0.2, 0) is 5.41 Å². The molecule has 1 heterocycles. The molecule has 21 heavy (non-hydrogen) atoms. The lowest BCUT2D eigenvalue weighted by molar-refractivity contribution is 0.234. The number of hydrogen-bond donors (Lipinski definition) is 2. The molecule has 3 nitrogen and oxygen atoms in total. The molecule has 0 radical (unpaired) electrons. The highest BCUT2D eigenvalue weighted by atomic mass is 16.3. The number of benzene rings is 1. The summed E-state index contributed by atoms with van der Waals surface area (Å²) in [5.41, 5.74) is 3.80. The van der Waals surface area contributed by atoms with E-state index in [0.717, 1.165) is 0 Å². The van der Waals surface area contributed by atoms with Crippen LogP contribution in [0.3, 0.4) is 0 Å². The fourth-order valence-corrected chi connectivity index (χ4v) is 3.03. The van der Waals surface area contributed by atoms with Crippen LogP contribution in [0.15, 0.2) is 24.4 Å². The number of anilines is 1. The molecule has 0 saturated carbocycles. The van der Waals surface area contributed by atoms with E-state index in [4.69, 9.17) is 0 Å². The maximum absolute atomic E-state index is 9.69. The number of fused-ring (bicyclic) bond motifs is 1. The van der Waals surface area contributed by atoms with Gasteiger partial charge in [-0.15, -0.1) is 0 Å². The second-order valence-corrected chi connectivity index (χ2v) is 7.25. The maximum atomic E-state index is 9.69. The van der Waals surface area contributed by atoms with E-state index in [1.54, 1.807) is 0 Å². The molecule has 2 rings (SSSR count). The van der Waals surface area contributed by atoms with Gasteiger partial charge in [-0.3, -0.25) is 0 Å². The molecule has 3 heteroatoms. The minimum absolute atomic E-state index is 0.106. The predicted octanol–water partition coefficient (Wildman–Crippen LogP) is 3.92. The zero-order valence-corrected chi connectivity index (χ0v) is 14.1. The van der Waals surface area contributed by atoms with Crippen LogP contribution in [0.4, 0.5) is 5.69 Å². The van der Waals surface area contributed by atoms with Gasteiger partial charge < -0.3 is 15.0 Å². The van der Waals surface area contributed by atoms with Crippen molar-refractivity contribution in [3.05, 3.63) is 30.0 Å². The summed E-state index contributed by atoms with van der Waals surface area (Å²) in [7, 11) is 2.07. The van der Waals surface area contributed by atoms with Crippen molar-refractivity contribution in [1.82, 2.24) is 4.98 Å². The summed E-state index contributed by atoms with van der Waals surface area (Å²) in [5.74, 6) is 0.399. The van der Waals surface area contributed by atoms with Gasteiger partial charge in [0, 0.05) is 24.3 Å². The summed E-state index contributed by atoms with van der Waals surface area (Å²) in [4.78, 5) is 5.59. The number of aliphatic hydroxyl groups excluding tert-OH is 1. The normalized spacial score (nSPS) is 13.9. The minimum Gasteiger partial charge on any atom is -0.394 e. The molecular formula is C18H28N2O. The van der Waals surface area contributed by atoms with Gasteiger partial charge in [0.05, 0.1) is 18.2 Å². The van der Waals surface area contributed by atoms with E-state index < -0.39 is 0 Å². The van der Waals surface area contributed by atoms with Crippen LogP contribution in [0.5, 0.6) is 0 Å². The van der Waals surface area contributed by atoms with Crippen molar-refractivity contribution in [3.63, 3.8) is 0 Å². The van der Waals surface area contributed by atoms with Crippen molar-refractivity contribution in [2.45, 2.75) is 46.1 Å². The fraction of sp³-hybridized carbons (Fsp3) is 0.556. The molecule has 1 atom stereocenters. The third-order valence-corrected chi connectivity index (χ3v) is 4.34. The van der Waals surface area contributed by atoms with Crippen LogP contribution in [0.2, 0.25) is 0 Å². The van der Waals surface area contributed by atoms with E-state index in [0.29, 0.717) is 5.92 Å². The first-order chi connectivity index (χ1) is 9.77. The van der Waals surface area contributed by atoms with Crippen LogP contribution in [0, 0.1) is 5.92 Å². The van der Waals surface area contributed by atoms with Gasteiger partial charge in [0.1, 0.15) is 0 Å². The van der Waals surface area contributed by atoms with Crippen LogP contribution in [0.25, 0.3) is 10.9 Å². The average molecular weight is 288 g/mol. The number of nitrogens with zero attached hydrogens (tertiary/aromatic N) is 1. The van der Waals surface area contributed by atoms with Crippen molar-refractivity contribution >= 4 is 16.6 Å². The van der Waals surface area contributed by atoms with E-state index >= 15 is 0 Å². The number of aromatic nitrogens is 1. The third kappa shape index (κ3) is 2.93. The molecular weight excluding hydrogens is 260 g/mol. The van der Waals surface area contributed by atoms with Crippen molar-refractivity contribution in [2.24, 2.45) is 5.92 Å². The summed E-state index contributed by atoms with van der Waals surface area (Å²) < 4.78 is 0. The van der Waals surface area contributed by atoms with Gasteiger partial charge in [0.25, 0.3) is 0 Å². The topological polar surface area (TPSA) is 39.3 Å². The number of hydrogen-bond acceptors (Lipinski definition) is 2. The average Bonchev–Trinajstić information content (AvgIpc) is 2.85. The molecule has 0 unspecified atom stereocenters. The summed E-state index contributed by atoms with van der Waals surface area (Å²) in [5, 5.41) is 10.9. The maximum Gasteiger partial charge on any atom is 0.0637 e. The van der Waals surface area contributed by atoms with Gasteiger partial charge in [0.2, 0.25) is 0 Å². The van der Waals surface area contributed by atoms with Gasteiger partial charge >= 0.3 is 0 Å². The van der Waals surface area contributed by atoms with Gasteiger partial charge in [-0.25, -0.2) is 0 Å². The second kappa shape index (κ2) is 5.72. The Morgan fingerprint density at radius 3 is 2.38 bits per heavy atom. The summed E-state index contributed by atoms with van der Waals surface area (Å²) in [6.45, 7) is 11.2. The van der Waals surface area contributed by atoms with Gasteiger partial charge in [-0.2, -0.15) is 0 Å². The Bertz CT molecular complexity index is 607. The molecule has 0 amide bonds. The highest BCUT2D eigenvalue weighted by Gasteiger charge is 2.23. The first-order valence-electron chi connectivity index (χ1n) is 7.71. The molecule has 0 spiro atoms. The Balaban J connectivity index is 2.55. The number of aliphatic hydroxyl groups is 1. The van der Waals surface area contributed by atoms with Crippen LogP contribution in [0.1, 0.15) is 40.2 Å². The smallest absolute Gasteiger partial charge is 0.0637 e. The van der Waals surface area contributed by atoms with Crippen molar-refractivity contribution in [1.29, 1.82) is 0 Å². The lowest BCUT2D eigenvalue weighted by Gasteiger charge is -2.33. The van der Waals surface area contributed by atoms with Crippen LogP contribution in [-0.4, -0.2) is 29.8 Å². The zero-order chi connectivity index (χ0) is 15.8. The Morgan fingerprint density at radius 2 is 1.86 bits per heavy atom. The molecule has 116 valence electrons. The molecule has 1 aromatic carbocycles. The number of likely N-dealkylation sites (N-methyl/N-ethyl adjacent to an activating group) is 1. The van der Waals surface area contributed by atoms with E-state index in [1.165, 1.54) is 22.2 Å². The summed E-state index contributed by atoms with van der Waals surface area (Å²) >= 11 is 0. The van der Waals surface area contributed by atoms with Gasteiger partial charge in [0.15, 0.2) is 0 Å². The highest BCUT2D eigenvalue weighted by molar-refractivity contribution is 5.95. The molecule has 0 fully saturated rings. The monoisotopic (exact) mass is 288 g/mol. The number of rotatable bonds is 4. The quantitative estimate of drug-likeness (QED) is 0.895. The van der Waals surface area contributed by atoms with Gasteiger partial charge in [-0.1, -0.05) is 40.7 Å². The Labute approximate surface area is 128 Å². The van der Waals surface area contributed by atoms with Crippen molar-refractivity contribution < 1.29 is 5.11 Å². The molecule has 2 aromatic rings. The van der Waals surface area contributed by atoms with Crippen molar-refractivity contribution in [2.75, 3.05) is 18.6 Å². The number of nitrogens with one attached hydrogen (secondary N) is 1. The Morgan fingerprint density at radius 1 is 1.19 bits per heavy atom. The number of H-pyrrole nitrogens is 1. The zero-order valence-electron chi connectivity index (χ0n) is 14.1. The molecule has 0 aliphatic rings. The van der Waals surface area contributed by atoms with E-state index in [9.17, 15) is 5.11 Å². The lowest BCUT2D eigenvalue weighted by Crippen LogP contribution is -2.39. The lowest BCUT2D eigenvalue weighted by atomic mass is 9.85. The molecule has 0 aliphatic carbocycles. The number of aromatic amines is 1. The van der Waals surface area contributed by atoms with Gasteiger partial charge in [-0.05, 0) is 29.0 Å². The van der Waals surface area contributed by atoms with Crippen LogP contribution < -0.4 is 4.90 Å². The summed E-state index contributed by atoms with van der Waals surface area (Å²) in [6, 6.07) is 6.65. The molecule has 2 N–H and O–H groups in total. The largest absolute Gasteiger partial charge is 0.394 e. The fourth-order valence-electron chi connectivity index (χ4n) is 3.03. The predicted molar refractivity (Wildman–Crippen MR) is 91.1 cm³/mol. The Kier molecular flexibility index (Phi) is 4.33.